The van der Waals surface area contributed by atoms with E-state index in [4.69, 9.17) is 20.8 Å². The summed E-state index contributed by atoms with van der Waals surface area (Å²) in [6.07, 6.45) is 1.59. The zero-order valence-corrected chi connectivity index (χ0v) is 17.9. The minimum atomic E-state index is -0.289. The number of nitrogens with one attached hydrogen (secondary N) is 1. The largest absolute Gasteiger partial charge is 0.497 e. The second kappa shape index (κ2) is 9.59. The highest BCUT2D eigenvalue weighted by Crippen LogP contribution is 2.25. The van der Waals surface area contributed by atoms with Crippen molar-refractivity contribution in [1.29, 1.82) is 0 Å². The number of anilines is 1. The fourth-order valence-corrected chi connectivity index (χ4v) is 3.30. The van der Waals surface area contributed by atoms with Gasteiger partial charge >= 0.3 is 0 Å². The predicted molar refractivity (Wildman–Crippen MR) is 118 cm³/mol. The van der Waals surface area contributed by atoms with E-state index in [0.29, 0.717) is 16.6 Å². The van der Waals surface area contributed by atoms with Crippen molar-refractivity contribution in [3.8, 4) is 28.5 Å². The fourth-order valence-electron chi connectivity index (χ4n) is 2.61. The third-order valence-corrected chi connectivity index (χ3v) is 5.19. The average molecular weight is 454 g/mol. The number of halogens is 1. The lowest BCUT2D eigenvalue weighted by Crippen LogP contribution is -2.16. The predicted octanol–water partition coefficient (Wildman–Crippen LogP) is 4.59. The maximum absolute atomic E-state index is 12.3. The summed E-state index contributed by atoms with van der Waals surface area (Å²) < 4.78 is 10.7. The quantitative estimate of drug-likeness (QED) is 0.405. The van der Waals surface area contributed by atoms with Crippen molar-refractivity contribution < 1.29 is 13.9 Å². The van der Waals surface area contributed by atoms with Gasteiger partial charge < -0.3 is 9.15 Å². The average Bonchev–Trinajstić information content (AvgIpc) is 3.27. The Morgan fingerprint density at radius 2 is 1.81 bits per heavy atom. The molecule has 0 atom stereocenters. The number of methoxy groups -OCH3 is 1. The summed E-state index contributed by atoms with van der Waals surface area (Å²) in [4.78, 5) is 20.8. The molecule has 31 heavy (non-hydrogen) atoms. The molecule has 0 fully saturated rings. The Hall–Kier alpha value is -3.43. The number of rotatable bonds is 7. The molecule has 0 aliphatic carbocycles. The molecule has 1 amide bonds. The highest BCUT2D eigenvalue weighted by atomic mass is 35.5. The molecule has 0 radical (unpaired) electrons. The minimum absolute atomic E-state index is 0.0678. The zero-order chi connectivity index (χ0) is 21.6. The first-order valence-corrected chi connectivity index (χ1v) is 10.5. The highest BCUT2D eigenvalue weighted by Gasteiger charge is 2.12. The molecule has 0 bridgehead atoms. The van der Waals surface area contributed by atoms with Crippen LogP contribution in [0.3, 0.4) is 0 Å². The summed E-state index contributed by atoms with van der Waals surface area (Å²) in [5.74, 6) is 1.10. The van der Waals surface area contributed by atoms with Gasteiger partial charge in [0.05, 0.1) is 18.6 Å². The van der Waals surface area contributed by atoms with Gasteiger partial charge in [-0.2, -0.15) is 0 Å². The summed E-state index contributed by atoms with van der Waals surface area (Å²) >= 11 is 7.01. The van der Waals surface area contributed by atoms with E-state index >= 15 is 0 Å². The topological polar surface area (TPSA) is 103 Å². The highest BCUT2D eigenvalue weighted by molar-refractivity contribution is 7.99. The van der Waals surface area contributed by atoms with Gasteiger partial charge in [0.2, 0.25) is 17.7 Å². The van der Waals surface area contributed by atoms with Gasteiger partial charge in [0, 0.05) is 22.3 Å². The van der Waals surface area contributed by atoms with Gasteiger partial charge in [0.15, 0.2) is 0 Å². The molecule has 4 rings (SSSR count). The van der Waals surface area contributed by atoms with Crippen LogP contribution in [0.1, 0.15) is 0 Å². The Morgan fingerprint density at radius 1 is 1.06 bits per heavy atom. The first kappa shape index (κ1) is 20.8. The second-order valence-corrected chi connectivity index (χ2v) is 7.57. The van der Waals surface area contributed by atoms with Crippen LogP contribution in [0.5, 0.6) is 5.75 Å². The molecule has 0 aliphatic rings. The molecule has 1 N–H and O–H groups in total. The number of ether oxygens (including phenoxy) is 1. The van der Waals surface area contributed by atoms with E-state index in [1.807, 2.05) is 24.3 Å². The number of nitrogens with zero attached hydrogens (tertiary/aromatic N) is 4. The van der Waals surface area contributed by atoms with Crippen molar-refractivity contribution in [2.24, 2.45) is 0 Å². The van der Waals surface area contributed by atoms with Crippen LogP contribution in [0.2, 0.25) is 5.02 Å². The summed E-state index contributed by atoms with van der Waals surface area (Å²) in [5, 5.41) is 11.5. The van der Waals surface area contributed by atoms with Crippen LogP contribution in [0.4, 0.5) is 5.95 Å². The van der Waals surface area contributed by atoms with Crippen LogP contribution in [-0.2, 0) is 4.79 Å². The zero-order valence-electron chi connectivity index (χ0n) is 16.3. The summed E-state index contributed by atoms with van der Waals surface area (Å²) in [6, 6.07) is 16.3. The molecule has 10 heteroatoms. The maximum atomic E-state index is 12.3. The Bertz CT molecular complexity index is 1180. The number of carbonyl (C=O) groups excluding carboxylic acids is 1. The van der Waals surface area contributed by atoms with Crippen molar-refractivity contribution in [3.05, 3.63) is 65.8 Å². The van der Waals surface area contributed by atoms with Crippen LogP contribution >= 0.6 is 23.4 Å². The van der Waals surface area contributed by atoms with Crippen molar-refractivity contribution in [2.45, 2.75) is 5.22 Å². The molecular formula is C21H16ClN5O3S. The Kier molecular flexibility index (Phi) is 6.44. The number of thioether (sulfide) groups is 1. The summed E-state index contributed by atoms with van der Waals surface area (Å²) in [6.45, 7) is 0. The minimum Gasteiger partial charge on any atom is -0.497 e. The van der Waals surface area contributed by atoms with Gasteiger partial charge in [0.25, 0.3) is 5.22 Å². The lowest BCUT2D eigenvalue weighted by Gasteiger charge is -2.06. The molecule has 0 aliphatic heterocycles. The van der Waals surface area contributed by atoms with E-state index in [-0.39, 0.29) is 22.8 Å². The van der Waals surface area contributed by atoms with Crippen LogP contribution in [0.25, 0.3) is 22.7 Å². The van der Waals surface area contributed by atoms with Crippen LogP contribution in [0.15, 0.2) is 70.4 Å². The van der Waals surface area contributed by atoms with Gasteiger partial charge in [-0.1, -0.05) is 23.4 Å². The Morgan fingerprint density at radius 3 is 2.55 bits per heavy atom. The standard InChI is InChI=1S/C21H16ClN5O3S/c1-29-16-8-4-13(5-9-16)17-10-11-23-20(24-17)25-18(28)12-31-21-27-26-19(30-21)14-2-6-15(22)7-3-14/h2-11H,12H2,1H3,(H,23,24,25,28). The van der Waals surface area contributed by atoms with E-state index in [2.05, 4.69) is 25.5 Å². The van der Waals surface area contributed by atoms with Crippen molar-refractivity contribution >= 4 is 35.2 Å². The molecule has 0 spiro atoms. The first-order chi connectivity index (χ1) is 15.1. The van der Waals surface area contributed by atoms with E-state index in [0.717, 1.165) is 28.6 Å². The number of aromatic nitrogens is 4. The number of hydrogen-bond acceptors (Lipinski definition) is 8. The van der Waals surface area contributed by atoms with Gasteiger partial charge in [-0.25, -0.2) is 9.97 Å². The van der Waals surface area contributed by atoms with Crippen LogP contribution in [-0.4, -0.2) is 38.9 Å². The third-order valence-electron chi connectivity index (χ3n) is 4.12. The molecule has 0 saturated carbocycles. The normalized spacial score (nSPS) is 10.6. The maximum Gasteiger partial charge on any atom is 0.277 e. The van der Waals surface area contributed by atoms with E-state index in [1.165, 1.54) is 0 Å². The Labute approximate surface area is 187 Å². The van der Waals surface area contributed by atoms with Crippen LogP contribution in [0, 0.1) is 0 Å². The SMILES string of the molecule is COc1ccc(-c2ccnc(NC(=O)CSc3nnc(-c4ccc(Cl)cc4)o3)n2)cc1. The number of amides is 1. The third kappa shape index (κ3) is 5.39. The van der Waals surface area contributed by atoms with E-state index < -0.39 is 0 Å². The molecule has 0 unspecified atom stereocenters. The fraction of sp³-hybridized carbons (Fsp3) is 0.0952. The number of hydrogen-bond donors (Lipinski definition) is 1. The Balaban J connectivity index is 1.35. The van der Waals surface area contributed by atoms with E-state index in [1.54, 1.807) is 43.6 Å². The van der Waals surface area contributed by atoms with Crippen molar-refractivity contribution in [3.63, 3.8) is 0 Å². The molecule has 4 aromatic rings. The summed E-state index contributed by atoms with van der Waals surface area (Å²) in [5.41, 5.74) is 2.32. The van der Waals surface area contributed by atoms with Crippen molar-refractivity contribution in [1.82, 2.24) is 20.2 Å². The number of carbonyl (C=O) groups is 1. The van der Waals surface area contributed by atoms with E-state index in [9.17, 15) is 4.79 Å². The smallest absolute Gasteiger partial charge is 0.277 e. The monoisotopic (exact) mass is 453 g/mol. The molecule has 8 nitrogen and oxygen atoms in total. The molecule has 2 aromatic heterocycles. The molecular weight excluding hydrogens is 438 g/mol. The van der Waals surface area contributed by atoms with Gasteiger partial charge in [-0.15, -0.1) is 10.2 Å². The van der Waals surface area contributed by atoms with Gasteiger partial charge in [-0.05, 0) is 54.6 Å². The molecule has 0 saturated heterocycles. The first-order valence-electron chi connectivity index (χ1n) is 9.10. The molecule has 2 heterocycles. The van der Waals surface area contributed by atoms with Gasteiger partial charge in [-0.3, -0.25) is 10.1 Å². The molecule has 156 valence electrons. The van der Waals surface area contributed by atoms with Gasteiger partial charge in [0.1, 0.15) is 5.75 Å². The van der Waals surface area contributed by atoms with Crippen molar-refractivity contribution in [2.75, 3.05) is 18.2 Å². The van der Waals surface area contributed by atoms with Crippen LogP contribution < -0.4 is 10.1 Å². The summed E-state index contributed by atoms with van der Waals surface area (Å²) in [7, 11) is 1.61. The molecule has 2 aromatic carbocycles. The lowest BCUT2D eigenvalue weighted by molar-refractivity contribution is -0.113. The lowest BCUT2D eigenvalue weighted by atomic mass is 10.1. The second-order valence-electron chi connectivity index (χ2n) is 6.21. The number of benzene rings is 2.